The van der Waals surface area contributed by atoms with Crippen LogP contribution >= 0.6 is 0 Å². The summed E-state index contributed by atoms with van der Waals surface area (Å²) >= 11 is 0. The third-order valence-corrected chi connectivity index (χ3v) is 4.16. The lowest BCUT2D eigenvalue weighted by atomic mass is 9.71. The molecule has 1 aliphatic heterocycles. The van der Waals surface area contributed by atoms with E-state index in [0.717, 1.165) is 18.7 Å². The van der Waals surface area contributed by atoms with Crippen LogP contribution in [0.1, 0.15) is 32.9 Å². The smallest absolute Gasteiger partial charge is 0.407 e. The topological polar surface area (TPSA) is 88.3 Å². The Hall–Kier alpha value is -1.60. The maximum atomic E-state index is 12.0. The number of hydrogen-bond donors (Lipinski definition) is 3. The number of hydrogen-bond acceptors (Lipinski definition) is 5. The van der Waals surface area contributed by atoms with Crippen LogP contribution in [-0.2, 0) is 16.0 Å². The summed E-state index contributed by atoms with van der Waals surface area (Å²) in [6.07, 6.45) is 2.51. The van der Waals surface area contributed by atoms with Crippen molar-refractivity contribution in [3.8, 4) is 0 Å². The molecule has 3 N–H and O–H groups in total. The van der Waals surface area contributed by atoms with E-state index in [0.29, 0.717) is 12.5 Å². The number of rotatable bonds is 4. The van der Waals surface area contributed by atoms with Crippen LogP contribution in [0.5, 0.6) is 0 Å². The van der Waals surface area contributed by atoms with E-state index >= 15 is 0 Å². The van der Waals surface area contributed by atoms with E-state index in [9.17, 15) is 4.79 Å². The van der Waals surface area contributed by atoms with Crippen molar-refractivity contribution in [2.24, 2.45) is 5.92 Å². The number of aromatic amines is 1. The summed E-state index contributed by atoms with van der Waals surface area (Å²) in [7, 11) is 0. The maximum Gasteiger partial charge on any atom is 0.407 e. The highest BCUT2D eigenvalue weighted by atomic mass is 16.6. The van der Waals surface area contributed by atoms with Gasteiger partial charge in [0.05, 0.1) is 18.2 Å². The molecule has 3 rings (SSSR count). The van der Waals surface area contributed by atoms with Crippen molar-refractivity contribution in [1.82, 2.24) is 20.8 Å². The van der Waals surface area contributed by atoms with Crippen molar-refractivity contribution in [2.45, 2.75) is 57.5 Å². The van der Waals surface area contributed by atoms with Crippen LogP contribution in [0.2, 0.25) is 0 Å². The number of nitrogens with zero attached hydrogens (tertiary/aromatic N) is 1. The molecule has 122 valence electrons. The SMILES string of the molecule is CC(C)(C)OC(=O)NC1C2CCOC2C1NCc1ccn[nH]1. The van der Waals surface area contributed by atoms with E-state index in [1.54, 1.807) is 6.20 Å². The molecule has 2 aliphatic rings. The van der Waals surface area contributed by atoms with Crippen molar-refractivity contribution in [3.63, 3.8) is 0 Å². The van der Waals surface area contributed by atoms with Crippen molar-refractivity contribution in [3.05, 3.63) is 18.0 Å². The Morgan fingerprint density at radius 3 is 3.00 bits per heavy atom. The minimum atomic E-state index is -0.488. The average molecular weight is 308 g/mol. The van der Waals surface area contributed by atoms with E-state index in [1.807, 2.05) is 26.8 Å². The molecule has 7 nitrogen and oxygen atoms in total. The molecule has 1 aromatic rings. The first kappa shape index (κ1) is 15.3. The van der Waals surface area contributed by atoms with Gasteiger partial charge in [-0.3, -0.25) is 5.10 Å². The standard InChI is InChI=1S/C15H24N4O3/c1-15(2,3)22-14(20)18-11-10-5-7-21-13(10)12(11)16-8-9-4-6-17-19-9/h4,6,10-13,16H,5,7-8H2,1-3H3,(H,17,19)(H,18,20). The van der Waals surface area contributed by atoms with Gasteiger partial charge in [0.25, 0.3) is 0 Å². The molecule has 0 bridgehead atoms. The molecule has 1 saturated carbocycles. The van der Waals surface area contributed by atoms with E-state index in [-0.39, 0.29) is 24.3 Å². The number of amides is 1. The number of carbonyl (C=O) groups is 1. The number of H-pyrrole nitrogens is 1. The zero-order valence-electron chi connectivity index (χ0n) is 13.3. The highest BCUT2D eigenvalue weighted by Gasteiger charge is 2.54. The third kappa shape index (κ3) is 3.25. The highest BCUT2D eigenvalue weighted by molar-refractivity contribution is 5.68. The van der Waals surface area contributed by atoms with Gasteiger partial charge >= 0.3 is 6.09 Å². The Bertz CT molecular complexity index is 511. The van der Waals surface area contributed by atoms with E-state index in [1.165, 1.54) is 0 Å². The Balaban J connectivity index is 1.57. The highest BCUT2D eigenvalue weighted by Crippen LogP contribution is 2.39. The summed E-state index contributed by atoms with van der Waals surface area (Å²) in [5, 5.41) is 13.3. The number of ether oxygens (including phenoxy) is 2. The van der Waals surface area contributed by atoms with Gasteiger partial charge in [-0.25, -0.2) is 4.79 Å². The van der Waals surface area contributed by atoms with E-state index in [4.69, 9.17) is 9.47 Å². The molecule has 4 unspecified atom stereocenters. The third-order valence-electron chi connectivity index (χ3n) is 4.16. The van der Waals surface area contributed by atoms with Gasteiger partial charge in [-0.2, -0.15) is 5.10 Å². The van der Waals surface area contributed by atoms with E-state index in [2.05, 4.69) is 20.8 Å². The predicted octanol–water partition coefficient (Wildman–Crippen LogP) is 1.18. The molecule has 2 heterocycles. The Labute approximate surface area is 130 Å². The second-order valence-corrected chi connectivity index (χ2v) is 6.95. The molecule has 2 fully saturated rings. The average Bonchev–Trinajstić information content (AvgIpc) is 3.04. The van der Waals surface area contributed by atoms with Crippen molar-refractivity contribution < 1.29 is 14.3 Å². The monoisotopic (exact) mass is 308 g/mol. The van der Waals surface area contributed by atoms with Gasteiger partial charge in [0.15, 0.2) is 0 Å². The number of aromatic nitrogens is 2. The lowest BCUT2D eigenvalue weighted by molar-refractivity contribution is -0.0345. The molecule has 0 spiro atoms. The van der Waals surface area contributed by atoms with Crippen LogP contribution in [0.3, 0.4) is 0 Å². The minimum absolute atomic E-state index is 0.0465. The van der Waals surface area contributed by atoms with Crippen molar-refractivity contribution in [1.29, 1.82) is 0 Å². The van der Waals surface area contributed by atoms with Gasteiger partial charge in [-0.15, -0.1) is 0 Å². The molecule has 4 atom stereocenters. The quantitative estimate of drug-likeness (QED) is 0.777. The lowest BCUT2D eigenvalue weighted by Crippen LogP contribution is -2.70. The molecule has 7 heteroatoms. The normalized spacial score (nSPS) is 30.5. The Kier molecular flexibility index (Phi) is 4.10. The van der Waals surface area contributed by atoms with Crippen LogP contribution in [0.15, 0.2) is 12.3 Å². The minimum Gasteiger partial charge on any atom is -0.444 e. The number of nitrogens with one attached hydrogen (secondary N) is 3. The molecule has 1 saturated heterocycles. The van der Waals surface area contributed by atoms with Crippen LogP contribution < -0.4 is 10.6 Å². The molecule has 22 heavy (non-hydrogen) atoms. The summed E-state index contributed by atoms with van der Waals surface area (Å²) in [6.45, 7) is 7.02. The zero-order valence-corrected chi connectivity index (χ0v) is 13.3. The van der Waals surface area contributed by atoms with Crippen LogP contribution in [0, 0.1) is 5.92 Å². The second kappa shape index (κ2) is 5.89. The van der Waals surface area contributed by atoms with Gasteiger partial charge in [-0.05, 0) is 33.3 Å². The Morgan fingerprint density at radius 1 is 1.50 bits per heavy atom. The summed E-state index contributed by atoms with van der Waals surface area (Å²) in [6, 6.07) is 2.07. The molecule has 1 aliphatic carbocycles. The van der Waals surface area contributed by atoms with Crippen LogP contribution in [0.25, 0.3) is 0 Å². The first-order valence-corrected chi connectivity index (χ1v) is 7.77. The van der Waals surface area contributed by atoms with Crippen molar-refractivity contribution in [2.75, 3.05) is 6.61 Å². The summed E-state index contributed by atoms with van der Waals surface area (Å²) in [4.78, 5) is 12.0. The van der Waals surface area contributed by atoms with Gasteiger partial charge in [-0.1, -0.05) is 0 Å². The largest absolute Gasteiger partial charge is 0.444 e. The second-order valence-electron chi connectivity index (χ2n) is 6.95. The fourth-order valence-electron chi connectivity index (χ4n) is 3.20. The fourth-order valence-corrected chi connectivity index (χ4v) is 3.20. The fraction of sp³-hybridized carbons (Fsp3) is 0.733. The van der Waals surface area contributed by atoms with Crippen LogP contribution in [0.4, 0.5) is 4.79 Å². The molecular weight excluding hydrogens is 284 g/mol. The van der Waals surface area contributed by atoms with Gasteiger partial charge in [0, 0.05) is 31.0 Å². The molecule has 0 radical (unpaired) electrons. The summed E-state index contributed by atoms with van der Waals surface area (Å²) in [5.74, 6) is 0.367. The Morgan fingerprint density at radius 2 is 2.32 bits per heavy atom. The zero-order chi connectivity index (χ0) is 15.7. The van der Waals surface area contributed by atoms with Gasteiger partial charge in [0.2, 0.25) is 0 Å². The number of fused-ring (bicyclic) bond motifs is 1. The first-order valence-electron chi connectivity index (χ1n) is 7.77. The molecule has 1 amide bonds. The first-order chi connectivity index (χ1) is 10.4. The van der Waals surface area contributed by atoms with Gasteiger partial charge in [0.1, 0.15) is 5.60 Å². The van der Waals surface area contributed by atoms with Crippen LogP contribution in [-0.4, -0.2) is 46.7 Å². The molecular formula is C15H24N4O3. The van der Waals surface area contributed by atoms with Crippen molar-refractivity contribution >= 4 is 6.09 Å². The maximum absolute atomic E-state index is 12.0. The predicted molar refractivity (Wildman–Crippen MR) is 80.2 cm³/mol. The summed E-state index contributed by atoms with van der Waals surface area (Å²) < 4.78 is 11.1. The molecule has 0 aromatic carbocycles. The van der Waals surface area contributed by atoms with Gasteiger partial charge < -0.3 is 20.1 Å². The number of alkyl carbamates (subject to hydrolysis) is 1. The lowest BCUT2D eigenvalue weighted by Gasteiger charge is -2.48. The summed E-state index contributed by atoms with van der Waals surface area (Å²) in [5.41, 5.74) is 0.524. The number of carbonyl (C=O) groups excluding carboxylic acids is 1. The molecule has 1 aromatic heterocycles. The van der Waals surface area contributed by atoms with E-state index < -0.39 is 5.60 Å².